The second kappa shape index (κ2) is 8.60. The van der Waals surface area contributed by atoms with Crippen LogP contribution in [0.15, 0.2) is 22.7 Å². The average Bonchev–Trinajstić information content (AvgIpc) is 2.41. The summed E-state index contributed by atoms with van der Waals surface area (Å²) in [5.41, 5.74) is 0.966. The number of benzene rings is 1. The van der Waals surface area contributed by atoms with Gasteiger partial charge in [-0.25, -0.2) is 0 Å². The molecule has 1 unspecified atom stereocenters. The fourth-order valence-electron chi connectivity index (χ4n) is 1.92. The first-order valence-electron chi connectivity index (χ1n) is 6.58. The summed E-state index contributed by atoms with van der Waals surface area (Å²) in [5.74, 6) is 0.717. The van der Waals surface area contributed by atoms with Crippen molar-refractivity contribution in [1.82, 2.24) is 5.32 Å². The molecule has 120 valence electrons. The van der Waals surface area contributed by atoms with Crippen molar-refractivity contribution < 1.29 is 22.6 Å². The highest BCUT2D eigenvalue weighted by Gasteiger charge is 2.27. The lowest BCUT2D eigenvalue weighted by Crippen LogP contribution is -2.24. The molecular formula is C14H19BrF3NO2. The lowest BCUT2D eigenvalue weighted by atomic mass is 10.0. The molecule has 0 aliphatic rings. The third kappa shape index (κ3) is 6.67. The number of nitrogens with one attached hydrogen (secondary N) is 1. The molecule has 1 aromatic rings. The third-order valence-electron chi connectivity index (χ3n) is 2.85. The summed E-state index contributed by atoms with van der Waals surface area (Å²) in [4.78, 5) is 0. The van der Waals surface area contributed by atoms with Crippen molar-refractivity contribution in [3.8, 4) is 5.75 Å². The minimum atomic E-state index is -4.28. The molecule has 0 spiro atoms. The van der Waals surface area contributed by atoms with Gasteiger partial charge in [0.05, 0.1) is 7.11 Å². The van der Waals surface area contributed by atoms with Crippen LogP contribution in [0.5, 0.6) is 5.75 Å². The zero-order chi connectivity index (χ0) is 15.9. The number of alkyl halides is 3. The van der Waals surface area contributed by atoms with Crippen molar-refractivity contribution >= 4 is 15.9 Å². The Kier molecular flexibility index (Phi) is 7.48. The summed E-state index contributed by atoms with van der Waals surface area (Å²) < 4.78 is 46.8. The zero-order valence-electron chi connectivity index (χ0n) is 12.0. The molecule has 1 aromatic carbocycles. The van der Waals surface area contributed by atoms with E-state index >= 15 is 0 Å². The Bertz CT molecular complexity index is 441. The Balaban J connectivity index is 2.64. The molecule has 0 aliphatic heterocycles. The molecule has 21 heavy (non-hydrogen) atoms. The lowest BCUT2D eigenvalue weighted by Gasteiger charge is -2.20. The first-order chi connectivity index (χ1) is 9.87. The van der Waals surface area contributed by atoms with Gasteiger partial charge in [-0.05, 0) is 30.7 Å². The maximum Gasteiger partial charge on any atom is 0.411 e. The molecule has 0 heterocycles. The van der Waals surface area contributed by atoms with Gasteiger partial charge in [0.15, 0.2) is 0 Å². The van der Waals surface area contributed by atoms with Crippen LogP contribution in [0.1, 0.15) is 24.9 Å². The standard InChI is InChI=1S/C14H19BrF3NO2/c1-3-19-13(6-7-21-9-14(16,17)18)11-5-4-10(20-2)8-12(11)15/h4-5,8,13,19H,3,6-7,9H2,1-2H3. The van der Waals surface area contributed by atoms with Crippen LogP contribution >= 0.6 is 15.9 Å². The molecule has 0 radical (unpaired) electrons. The van der Waals surface area contributed by atoms with E-state index < -0.39 is 12.8 Å². The number of methoxy groups -OCH3 is 1. The van der Waals surface area contributed by atoms with Crippen molar-refractivity contribution in [1.29, 1.82) is 0 Å². The summed E-state index contributed by atoms with van der Waals surface area (Å²) >= 11 is 3.46. The van der Waals surface area contributed by atoms with Gasteiger partial charge in [0.25, 0.3) is 0 Å². The van der Waals surface area contributed by atoms with E-state index in [-0.39, 0.29) is 12.6 Å². The van der Waals surface area contributed by atoms with E-state index in [1.54, 1.807) is 7.11 Å². The topological polar surface area (TPSA) is 30.5 Å². The largest absolute Gasteiger partial charge is 0.497 e. The molecule has 7 heteroatoms. The molecule has 1 N–H and O–H groups in total. The van der Waals surface area contributed by atoms with E-state index in [1.807, 2.05) is 25.1 Å². The molecule has 0 aliphatic carbocycles. The Morgan fingerprint density at radius 3 is 2.57 bits per heavy atom. The molecule has 0 saturated heterocycles. The normalized spacial score (nSPS) is 13.2. The average molecular weight is 370 g/mol. The van der Waals surface area contributed by atoms with Gasteiger partial charge in [0.1, 0.15) is 12.4 Å². The maximum absolute atomic E-state index is 12.0. The number of hydrogen-bond donors (Lipinski definition) is 1. The molecule has 1 atom stereocenters. The van der Waals surface area contributed by atoms with E-state index in [4.69, 9.17) is 4.74 Å². The van der Waals surface area contributed by atoms with Crippen LogP contribution < -0.4 is 10.1 Å². The molecule has 0 saturated carbocycles. The summed E-state index contributed by atoms with van der Waals surface area (Å²) in [6.07, 6.45) is -3.83. The highest BCUT2D eigenvalue weighted by Crippen LogP contribution is 2.29. The first-order valence-corrected chi connectivity index (χ1v) is 7.38. The van der Waals surface area contributed by atoms with Crippen LogP contribution in [0.25, 0.3) is 0 Å². The lowest BCUT2D eigenvalue weighted by molar-refractivity contribution is -0.174. The second-order valence-corrected chi connectivity index (χ2v) is 5.31. The summed E-state index contributed by atoms with van der Waals surface area (Å²) in [6, 6.07) is 5.46. The highest BCUT2D eigenvalue weighted by molar-refractivity contribution is 9.10. The first kappa shape index (κ1) is 18.3. The van der Waals surface area contributed by atoms with Crippen LogP contribution in [0.4, 0.5) is 13.2 Å². The van der Waals surface area contributed by atoms with Crippen LogP contribution in [-0.4, -0.2) is 33.0 Å². The molecule has 3 nitrogen and oxygen atoms in total. The van der Waals surface area contributed by atoms with Crippen LogP contribution in [0, 0.1) is 0 Å². The Hall–Kier alpha value is -0.790. The van der Waals surface area contributed by atoms with Crippen LogP contribution in [0.3, 0.4) is 0 Å². The predicted octanol–water partition coefficient (Wildman–Crippen LogP) is 4.08. The van der Waals surface area contributed by atoms with Crippen molar-refractivity contribution in [3.63, 3.8) is 0 Å². The highest BCUT2D eigenvalue weighted by atomic mass is 79.9. The van der Waals surface area contributed by atoms with Gasteiger partial charge in [-0.15, -0.1) is 0 Å². The molecule has 0 fully saturated rings. The summed E-state index contributed by atoms with van der Waals surface area (Å²) in [6.45, 7) is 1.48. The van der Waals surface area contributed by atoms with E-state index in [0.29, 0.717) is 18.7 Å². The van der Waals surface area contributed by atoms with Crippen molar-refractivity contribution in [2.45, 2.75) is 25.6 Å². The van der Waals surface area contributed by atoms with Crippen LogP contribution in [0.2, 0.25) is 0 Å². The maximum atomic E-state index is 12.0. The molecule has 0 amide bonds. The smallest absolute Gasteiger partial charge is 0.411 e. The van der Waals surface area contributed by atoms with Gasteiger partial charge in [0.2, 0.25) is 0 Å². The second-order valence-electron chi connectivity index (χ2n) is 4.45. The van der Waals surface area contributed by atoms with Crippen LogP contribution in [-0.2, 0) is 4.74 Å². The van der Waals surface area contributed by atoms with E-state index in [0.717, 1.165) is 10.0 Å². The fraction of sp³-hybridized carbons (Fsp3) is 0.571. The van der Waals surface area contributed by atoms with Crippen molar-refractivity contribution in [2.75, 3.05) is 26.9 Å². The fourth-order valence-corrected chi connectivity index (χ4v) is 2.55. The van der Waals surface area contributed by atoms with E-state index in [9.17, 15) is 13.2 Å². The van der Waals surface area contributed by atoms with Gasteiger partial charge in [-0.2, -0.15) is 13.2 Å². The molecule has 1 rings (SSSR count). The number of hydrogen-bond acceptors (Lipinski definition) is 3. The third-order valence-corrected chi connectivity index (χ3v) is 3.54. The molecular weight excluding hydrogens is 351 g/mol. The number of rotatable bonds is 8. The van der Waals surface area contributed by atoms with Gasteiger partial charge in [0, 0.05) is 17.1 Å². The van der Waals surface area contributed by atoms with Gasteiger partial charge in [-0.1, -0.05) is 28.9 Å². The molecule has 0 bridgehead atoms. The zero-order valence-corrected chi connectivity index (χ0v) is 13.6. The molecule has 0 aromatic heterocycles. The van der Waals surface area contributed by atoms with Gasteiger partial charge < -0.3 is 14.8 Å². The van der Waals surface area contributed by atoms with Crippen molar-refractivity contribution in [2.24, 2.45) is 0 Å². The number of halogens is 4. The Morgan fingerprint density at radius 2 is 2.05 bits per heavy atom. The monoisotopic (exact) mass is 369 g/mol. The summed E-state index contributed by atoms with van der Waals surface area (Å²) in [7, 11) is 1.58. The van der Waals surface area contributed by atoms with E-state index in [1.165, 1.54) is 0 Å². The minimum Gasteiger partial charge on any atom is -0.497 e. The predicted molar refractivity (Wildman–Crippen MR) is 78.6 cm³/mol. The van der Waals surface area contributed by atoms with Gasteiger partial charge >= 0.3 is 6.18 Å². The van der Waals surface area contributed by atoms with E-state index in [2.05, 4.69) is 26.0 Å². The van der Waals surface area contributed by atoms with Gasteiger partial charge in [-0.3, -0.25) is 0 Å². The SMILES string of the molecule is CCNC(CCOCC(F)(F)F)c1ccc(OC)cc1Br. The summed E-state index contributed by atoms with van der Waals surface area (Å²) in [5, 5.41) is 3.24. The Morgan fingerprint density at radius 1 is 1.33 bits per heavy atom. The Labute approximate surface area is 130 Å². The minimum absolute atomic E-state index is 0.0373. The van der Waals surface area contributed by atoms with Crippen molar-refractivity contribution in [3.05, 3.63) is 28.2 Å². The quantitative estimate of drug-likeness (QED) is 0.700. The number of ether oxygens (including phenoxy) is 2.